The van der Waals surface area contributed by atoms with Crippen LogP contribution in [-0.2, 0) is 10.0 Å². The molecular formula is C12H8ClN3O2S. The molecule has 0 aliphatic carbocycles. The fraction of sp³-hybridized carbons (Fsp3) is 0. The maximum atomic E-state index is 12.1. The standard InChI is InChI=1S/C12H8ClN3O2S/c13-10-4-5-15-12(7-10)16-19(17,18)11-3-1-2-9(6-11)8-14/h1-7H,(H,15,16). The van der Waals surface area contributed by atoms with Crippen molar-refractivity contribution in [2.45, 2.75) is 4.90 Å². The van der Waals surface area contributed by atoms with Gasteiger partial charge in [-0.05, 0) is 24.3 Å². The maximum Gasteiger partial charge on any atom is 0.263 e. The van der Waals surface area contributed by atoms with Crippen LogP contribution in [0.2, 0.25) is 5.02 Å². The monoisotopic (exact) mass is 293 g/mol. The van der Waals surface area contributed by atoms with E-state index in [9.17, 15) is 8.42 Å². The lowest BCUT2D eigenvalue weighted by Crippen LogP contribution is -2.13. The molecule has 0 saturated heterocycles. The summed E-state index contributed by atoms with van der Waals surface area (Å²) in [7, 11) is -3.78. The number of nitrogens with one attached hydrogen (secondary N) is 1. The molecule has 0 spiro atoms. The second-order valence-electron chi connectivity index (χ2n) is 3.60. The average Bonchev–Trinajstić information content (AvgIpc) is 2.38. The minimum atomic E-state index is -3.78. The Morgan fingerprint density at radius 3 is 2.74 bits per heavy atom. The van der Waals surface area contributed by atoms with Crippen molar-refractivity contribution in [2.24, 2.45) is 0 Å². The summed E-state index contributed by atoms with van der Waals surface area (Å²) in [5.41, 5.74) is 0.266. The van der Waals surface area contributed by atoms with Crippen molar-refractivity contribution >= 4 is 27.4 Å². The first-order valence-electron chi connectivity index (χ1n) is 5.16. The Morgan fingerprint density at radius 2 is 2.05 bits per heavy atom. The number of benzene rings is 1. The van der Waals surface area contributed by atoms with Gasteiger partial charge in [0, 0.05) is 17.3 Å². The van der Waals surface area contributed by atoms with Gasteiger partial charge in [-0.25, -0.2) is 13.4 Å². The summed E-state index contributed by atoms with van der Waals surface area (Å²) in [5, 5.41) is 9.13. The lowest BCUT2D eigenvalue weighted by molar-refractivity contribution is 0.601. The Hall–Kier alpha value is -2.10. The number of nitrogens with zero attached hydrogens (tertiary/aromatic N) is 2. The molecule has 5 nitrogen and oxygen atoms in total. The molecular weight excluding hydrogens is 286 g/mol. The van der Waals surface area contributed by atoms with Crippen LogP contribution in [0.5, 0.6) is 0 Å². The topological polar surface area (TPSA) is 82.8 Å². The van der Waals surface area contributed by atoms with Crippen LogP contribution in [0.3, 0.4) is 0 Å². The van der Waals surface area contributed by atoms with Crippen molar-refractivity contribution in [3.8, 4) is 6.07 Å². The van der Waals surface area contributed by atoms with Gasteiger partial charge in [0.1, 0.15) is 5.82 Å². The van der Waals surface area contributed by atoms with Crippen molar-refractivity contribution in [2.75, 3.05) is 4.72 Å². The minimum Gasteiger partial charge on any atom is -0.263 e. The fourth-order valence-electron chi connectivity index (χ4n) is 1.39. The van der Waals surface area contributed by atoms with Gasteiger partial charge in [-0.15, -0.1) is 0 Å². The molecule has 0 unspecified atom stereocenters. The van der Waals surface area contributed by atoms with Crippen molar-refractivity contribution in [1.82, 2.24) is 4.98 Å². The predicted molar refractivity (Wildman–Crippen MR) is 71.2 cm³/mol. The summed E-state index contributed by atoms with van der Waals surface area (Å²) < 4.78 is 26.4. The molecule has 0 atom stereocenters. The number of hydrogen-bond acceptors (Lipinski definition) is 4. The molecule has 96 valence electrons. The molecule has 0 radical (unpaired) electrons. The molecule has 0 bridgehead atoms. The molecule has 2 aromatic rings. The molecule has 1 aromatic carbocycles. The van der Waals surface area contributed by atoms with Gasteiger partial charge in [0.2, 0.25) is 0 Å². The third-order valence-corrected chi connectivity index (χ3v) is 3.82. The van der Waals surface area contributed by atoms with Gasteiger partial charge >= 0.3 is 0 Å². The van der Waals surface area contributed by atoms with E-state index in [0.29, 0.717) is 5.02 Å². The van der Waals surface area contributed by atoms with Gasteiger partial charge in [-0.1, -0.05) is 17.7 Å². The summed E-state index contributed by atoms with van der Waals surface area (Å²) in [6.07, 6.45) is 1.39. The van der Waals surface area contributed by atoms with E-state index in [1.54, 1.807) is 0 Å². The predicted octanol–water partition coefficient (Wildman–Crippen LogP) is 2.41. The molecule has 1 heterocycles. The second kappa shape index (κ2) is 5.26. The van der Waals surface area contributed by atoms with E-state index in [1.807, 2.05) is 6.07 Å². The van der Waals surface area contributed by atoms with Crippen molar-refractivity contribution in [1.29, 1.82) is 5.26 Å². The first-order valence-corrected chi connectivity index (χ1v) is 7.02. The zero-order valence-corrected chi connectivity index (χ0v) is 11.1. The first kappa shape index (κ1) is 13.3. The number of halogens is 1. The van der Waals surface area contributed by atoms with Crippen LogP contribution >= 0.6 is 11.6 Å². The van der Waals surface area contributed by atoms with Gasteiger partial charge in [0.25, 0.3) is 10.0 Å². The van der Waals surface area contributed by atoms with Crippen molar-refractivity contribution < 1.29 is 8.42 Å². The molecule has 0 aliphatic heterocycles. The van der Waals surface area contributed by atoms with E-state index >= 15 is 0 Å². The summed E-state index contributed by atoms with van der Waals surface area (Å²) in [4.78, 5) is 3.85. The van der Waals surface area contributed by atoms with Gasteiger partial charge < -0.3 is 0 Å². The summed E-state index contributed by atoms with van der Waals surface area (Å²) in [6.45, 7) is 0. The molecule has 0 saturated carbocycles. The van der Waals surface area contributed by atoms with Crippen LogP contribution in [0.4, 0.5) is 5.82 Å². The quantitative estimate of drug-likeness (QED) is 0.942. The van der Waals surface area contributed by atoms with E-state index in [4.69, 9.17) is 16.9 Å². The molecule has 0 fully saturated rings. The number of pyridine rings is 1. The van der Waals surface area contributed by atoms with Gasteiger partial charge in [-0.2, -0.15) is 5.26 Å². The summed E-state index contributed by atoms with van der Waals surface area (Å²) in [5.74, 6) is 0.120. The highest BCUT2D eigenvalue weighted by Gasteiger charge is 2.15. The van der Waals surface area contributed by atoms with Crippen LogP contribution < -0.4 is 4.72 Å². The molecule has 2 rings (SSSR count). The normalized spacial score (nSPS) is 10.7. The highest BCUT2D eigenvalue weighted by Crippen LogP contribution is 2.17. The van der Waals surface area contributed by atoms with Crippen LogP contribution in [0.15, 0.2) is 47.5 Å². The Kier molecular flexibility index (Phi) is 3.69. The van der Waals surface area contributed by atoms with Gasteiger partial charge in [0.15, 0.2) is 0 Å². The van der Waals surface area contributed by atoms with Crippen LogP contribution in [0.1, 0.15) is 5.56 Å². The third-order valence-electron chi connectivity index (χ3n) is 2.23. The Bertz CT molecular complexity index is 754. The number of nitriles is 1. The first-order chi connectivity index (χ1) is 9.01. The maximum absolute atomic E-state index is 12.1. The Labute approximate surface area is 115 Å². The van der Waals surface area contributed by atoms with E-state index in [1.165, 1.54) is 42.6 Å². The number of hydrogen-bond donors (Lipinski definition) is 1. The minimum absolute atomic E-state index is 0.00618. The zero-order chi connectivity index (χ0) is 13.9. The molecule has 0 amide bonds. The molecule has 7 heteroatoms. The van der Waals surface area contributed by atoms with Gasteiger partial charge in [-0.3, -0.25) is 4.72 Å². The largest absolute Gasteiger partial charge is 0.263 e. The highest BCUT2D eigenvalue weighted by molar-refractivity contribution is 7.92. The van der Waals surface area contributed by atoms with E-state index in [2.05, 4.69) is 9.71 Å². The Morgan fingerprint density at radius 1 is 1.26 bits per heavy atom. The van der Waals surface area contributed by atoms with Crippen molar-refractivity contribution in [3.05, 3.63) is 53.2 Å². The second-order valence-corrected chi connectivity index (χ2v) is 5.72. The molecule has 1 aromatic heterocycles. The number of sulfonamides is 1. The summed E-state index contributed by atoms with van der Waals surface area (Å²) >= 11 is 5.75. The molecule has 19 heavy (non-hydrogen) atoms. The number of anilines is 1. The lowest BCUT2D eigenvalue weighted by atomic mass is 10.2. The van der Waals surface area contributed by atoms with E-state index in [0.717, 1.165) is 0 Å². The van der Waals surface area contributed by atoms with Crippen molar-refractivity contribution in [3.63, 3.8) is 0 Å². The molecule has 1 N–H and O–H groups in total. The van der Waals surface area contributed by atoms with Crippen LogP contribution in [0, 0.1) is 11.3 Å². The summed E-state index contributed by atoms with van der Waals surface area (Å²) in [6, 6.07) is 10.5. The SMILES string of the molecule is N#Cc1cccc(S(=O)(=O)Nc2cc(Cl)ccn2)c1. The zero-order valence-electron chi connectivity index (χ0n) is 9.54. The lowest BCUT2D eigenvalue weighted by Gasteiger charge is -2.07. The number of rotatable bonds is 3. The van der Waals surface area contributed by atoms with E-state index in [-0.39, 0.29) is 16.3 Å². The smallest absolute Gasteiger partial charge is 0.263 e. The van der Waals surface area contributed by atoms with Gasteiger partial charge in [0.05, 0.1) is 16.5 Å². The van der Waals surface area contributed by atoms with Crippen LogP contribution in [-0.4, -0.2) is 13.4 Å². The highest BCUT2D eigenvalue weighted by atomic mass is 35.5. The average molecular weight is 294 g/mol. The fourth-order valence-corrected chi connectivity index (χ4v) is 2.59. The van der Waals surface area contributed by atoms with E-state index < -0.39 is 10.0 Å². The Balaban J connectivity index is 2.35. The third kappa shape index (κ3) is 3.22. The molecule has 0 aliphatic rings. The number of aromatic nitrogens is 1. The van der Waals surface area contributed by atoms with Crippen LogP contribution in [0.25, 0.3) is 0 Å².